The molecule has 2 aromatic rings. The lowest BCUT2D eigenvalue weighted by Crippen LogP contribution is -2.00. The zero-order chi connectivity index (χ0) is 14.2. The summed E-state index contributed by atoms with van der Waals surface area (Å²) in [6.45, 7) is 0. The van der Waals surface area contributed by atoms with Crippen LogP contribution in [0.4, 0.5) is 0 Å². The Kier molecular flexibility index (Phi) is 4.75. The maximum atomic E-state index is 11.3. The van der Waals surface area contributed by atoms with Gasteiger partial charge in [-0.15, -0.1) is 0 Å². The van der Waals surface area contributed by atoms with Gasteiger partial charge in [0.25, 0.3) is 0 Å². The van der Waals surface area contributed by atoms with Gasteiger partial charge in [-0.3, -0.25) is 0 Å². The Morgan fingerprint density at radius 3 is 2.40 bits per heavy atom. The van der Waals surface area contributed by atoms with Gasteiger partial charge in [0.05, 0.1) is 12.7 Å². The quantitative estimate of drug-likeness (QED) is 0.611. The fourth-order valence-electron chi connectivity index (χ4n) is 1.63. The summed E-state index contributed by atoms with van der Waals surface area (Å²) in [6, 6.07) is 17.0. The van der Waals surface area contributed by atoms with E-state index in [1.165, 1.54) is 7.11 Å². The van der Waals surface area contributed by atoms with E-state index in [9.17, 15) is 4.79 Å². The molecule has 20 heavy (non-hydrogen) atoms. The van der Waals surface area contributed by atoms with Gasteiger partial charge in [-0.05, 0) is 42.0 Å². The smallest absolute Gasteiger partial charge is 0.337 e. The molecule has 0 heterocycles. The predicted molar refractivity (Wildman–Crippen MR) is 80.1 cm³/mol. The number of carbonyl (C=O) groups is 1. The van der Waals surface area contributed by atoms with Gasteiger partial charge in [0.1, 0.15) is 0 Å². The van der Waals surface area contributed by atoms with E-state index in [1.807, 2.05) is 48.5 Å². The molecule has 0 aliphatic heterocycles. The number of ether oxygens (including phenoxy) is 1. The Bertz CT molecular complexity index is 656. The van der Waals surface area contributed by atoms with Crippen LogP contribution in [-0.2, 0) is 4.74 Å². The normalized spacial score (nSPS) is 9.85. The first-order chi connectivity index (χ1) is 9.79. The summed E-state index contributed by atoms with van der Waals surface area (Å²) in [5, 5.41) is 0. The average molecular weight is 262 g/mol. The highest BCUT2D eigenvalue weighted by Crippen LogP contribution is 2.07. The van der Waals surface area contributed by atoms with Crippen molar-refractivity contribution in [3.05, 3.63) is 77.4 Å². The molecule has 98 valence electrons. The Morgan fingerprint density at radius 2 is 1.75 bits per heavy atom. The van der Waals surface area contributed by atoms with Crippen LogP contribution in [0.3, 0.4) is 0 Å². The van der Waals surface area contributed by atoms with Crippen LogP contribution in [-0.4, -0.2) is 13.1 Å². The molecule has 0 atom stereocenters. The fourth-order valence-corrected chi connectivity index (χ4v) is 1.63. The number of methoxy groups -OCH3 is 1. The molecular formula is C18H14O2. The molecule has 0 aliphatic carbocycles. The topological polar surface area (TPSA) is 26.3 Å². The summed E-state index contributed by atoms with van der Waals surface area (Å²) in [4.78, 5) is 11.3. The largest absolute Gasteiger partial charge is 0.465 e. The molecule has 0 bridgehead atoms. The molecule has 0 saturated heterocycles. The van der Waals surface area contributed by atoms with Crippen LogP contribution in [0.15, 0.2) is 60.7 Å². The minimum absolute atomic E-state index is 0.329. The SMILES string of the molecule is COC(=O)c1ccc(/C=C/C#Cc2ccccc2)cc1. The summed E-state index contributed by atoms with van der Waals surface area (Å²) >= 11 is 0. The highest BCUT2D eigenvalue weighted by atomic mass is 16.5. The molecule has 0 fully saturated rings. The summed E-state index contributed by atoms with van der Waals surface area (Å²) in [6.07, 6.45) is 3.69. The molecule has 2 nitrogen and oxygen atoms in total. The standard InChI is InChI=1S/C18H14O2/c1-20-18(19)17-13-11-16(12-14-17)10-6-5-9-15-7-3-2-4-8-15/h2-4,6-8,10-14H,1H3/b10-6+. The molecule has 2 aromatic carbocycles. The van der Waals surface area contributed by atoms with Crippen LogP contribution in [0.2, 0.25) is 0 Å². The summed E-state index contributed by atoms with van der Waals surface area (Å²) < 4.78 is 4.64. The van der Waals surface area contributed by atoms with Gasteiger partial charge in [0.2, 0.25) is 0 Å². The molecule has 0 aliphatic rings. The van der Waals surface area contributed by atoms with Crippen molar-refractivity contribution < 1.29 is 9.53 Å². The lowest BCUT2D eigenvalue weighted by Gasteiger charge is -1.98. The summed E-state index contributed by atoms with van der Waals surface area (Å²) in [5.41, 5.74) is 2.51. The van der Waals surface area contributed by atoms with Gasteiger partial charge in [-0.2, -0.15) is 0 Å². The number of carbonyl (C=O) groups excluding carboxylic acids is 1. The van der Waals surface area contributed by atoms with Crippen LogP contribution in [0.1, 0.15) is 21.5 Å². The van der Waals surface area contributed by atoms with Gasteiger partial charge in [0.15, 0.2) is 0 Å². The third kappa shape index (κ3) is 3.86. The molecular weight excluding hydrogens is 248 g/mol. The van der Waals surface area contributed by atoms with Crippen molar-refractivity contribution in [3.63, 3.8) is 0 Å². The van der Waals surface area contributed by atoms with Crippen LogP contribution in [0.25, 0.3) is 6.08 Å². The van der Waals surface area contributed by atoms with Gasteiger partial charge in [0, 0.05) is 5.56 Å². The van der Waals surface area contributed by atoms with Gasteiger partial charge >= 0.3 is 5.97 Å². The zero-order valence-corrected chi connectivity index (χ0v) is 11.2. The van der Waals surface area contributed by atoms with Crippen LogP contribution in [0, 0.1) is 11.8 Å². The third-order valence-corrected chi connectivity index (χ3v) is 2.68. The van der Waals surface area contributed by atoms with Crippen molar-refractivity contribution in [1.82, 2.24) is 0 Å². The molecule has 0 saturated carbocycles. The molecule has 0 amide bonds. The summed E-state index contributed by atoms with van der Waals surface area (Å²) in [5.74, 6) is 5.69. The Balaban J connectivity index is 2.02. The van der Waals surface area contributed by atoms with E-state index in [1.54, 1.807) is 18.2 Å². The van der Waals surface area contributed by atoms with Crippen LogP contribution >= 0.6 is 0 Å². The first-order valence-electron chi connectivity index (χ1n) is 6.21. The van der Waals surface area contributed by atoms with E-state index >= 15 is 0 Å². The molecule has 0 unspecified atom stereocenters. The zero-order valence-electron chi connectivity index (χ0n) is 11.2. The van der Waals surface area contributed by atoms with Crippen molar-refractivity contribution in [1.29, 1.82) is 0 Å². The van der Waals surface area contributed by atoms with E-state index < -0.39 is 0 Å². The summed E-state index contributed by atoms with van der Waals surface area (Å²) in [7, 11) is 1.37. The second-order valence-corrected chi connectivity index (χ2v) is 4.08. The van der Waals surface area contributed by atoms with Gasteiger partial charge < -0.3 is 4.74 Å². The number of allylic oxidation sites excluding steroid dienone is 1. The van der Waals surface area contributed by atoms with E-state index in [4.69, 9.17) is 0 Å². The number of rotatable bonds is 2. The lowest BCUT2D eigenvalue weighted by atomic mass is 10.1. The van der Waals surface area contributed by atoms with Crippen LogP contribution in [0.5, 0.6) is 0 Å². The van der Waals surface area contributed by atoms with Crippen molar-refractivity contribution in [2.24, 2.45) is 0 Å². The van der Waals surface area contributed by atoms with Crippen LogP contribution < -0.4 is 0 Å². The first kappa shape index (κ1) is 13.6. The maximum absolute atomic E-state index is 11.3. The second-order valence-electron chi connectivity index (χ2n) is 4.08. The number of benzene rings is 2. The molecule has 0 N–H and O–H groups in total. The fraction of sp³-hybridized carbons (Fsp3) is 0.0556. The third-order valence-electron chi connectivity index (χ3n) is 2.68. The van der Waals surface area contributed by atoms with Crippen molar-refractivity contribution >= 4 is 12.0 Å². The Labute approximate surface area is 118 Å². The van der Waals surface area contributed by atoms with Crippen molar-refractivity contribution in [2.45, 2.75) is 0 Å². The van der Waals surface area contributed by atoms with Crippen molar-refractivity contribution in [2.75, 3.05) is 7.11 Å². The highest BCUT2D eigenvalue weighted by molar-refractivity contribution is 5.89. The van der Waals surface area contributed by atoms with E-state index in [2.05, 4.69) is 16.6 Å². The maximum Gasteiger partial charge on any atom is 0.337 e. The minimum Gasteiger partial charge on any atom is -0.465 e. The minimum atomic E-state index is -0.329. The average Bonchev–Trinajstić information content (AvgIpc) is 2.52. The predicted octanol–water partition coefficient (Wildman–Crippen LogP) is 3.54. The van der Waals surface area contributed by atoms with Crippen molar-refractivity contribution in [3.8, 4) is 11.8 Å². The van der Waals surface area contributed by atoms with Gasteiger partial charge in [-0.1, -0.05) is 42.2 Å². The van der Waals surface area contributed by atoms with E-state index in [0.29, 0.717) is 5.56 Å². The first-order valence-corrected chi connectivity index (χ1v) is 6.21. The number of hydrogen-bond acceptors (Lipinski definition) is 2. The van der Waals surface area contributed by atoms with Gasteiger partial charge in [-0.25, -0.2) is 4.79 Å². The molecule has 0 radical (unpaired) electrons. The lowest BCUT2D eigenvalue weighted by molar-refractivity contribution is 0.0601. The number of hydrogen-bond donors (Lipinski definition) is 0. The Hall–Kier alpha value is -2.79. The highest BCUT2D eigenvalue weighted by Gasteiger charge is 2.02. The number of esters is 1. The van der Waals surface area contributed by atoms with E-state index in [-0.39, 0.29) is 5.97 Å². The van der Waals surface area contributed by atoms with E-state index in [0.717, 1.165) is 11.1 Å². The molecule has 0 aromatic heterocycles. The Morgan fingerprint density at radius 1 is 1.05 bits per heavy atom. The molecule has 0 spiro atoms. The second kappa shape index (κ2) is 6.96. The monoisotopic (exact) mass is 262 g/mol. The molecule has 2 heteroatoms. The molecule has 2 rings (SSSR count).